The van der Waals surface area contributed by atoms with E-state index in [9.17, 15) is 8.78 Å². The van der Waals surface area contributed by atoms with Crippen molar-refractivity contribution < 1.29 is 13.5 Å². The van der Waals surface area contributed by atoms with Crippen molar-refractivity contribution in [1.82, 2.24) is 4.98 Å². The Balaban J connectivity index is 1.75. The number of hydrogen-bond acceptors (Lipinski definition) is 4. The van der Waals surface area contributed by atoms with Gasteiger partial charge in [-0.05, 0) is 12.1 Å². The molecule has 0 amide bonds. The maximum atomic E-state index is 13.0. The van der Waals surface area contributed by atoms with E-state index in [1.165, 1.54) is 7.11 Å². The van der Waals surface area contributed by atoms with Gasteiger partial charge in [0, 0.05) is 19.5 Å². The molecule has 1 aromatic heterocycles. The summed E-state index contributed by atoms with van der Waals surface area (Å²) in [5, 5.41) is 0. The number of rotatable bonds is 2. The number of nitrogens with two attached hydrogens (primary N) is 1. The number of ether oxygens (including phenoxy) is 1. The van der Waals surface area contributed by atoms with Crippen molar-refractivity contribution in [3.05, 3.63) is 12.1 Å². The molecule has 1 aliphatic heterocycles. The van der Waals surface area contributed by atoms with Gasteiger partial charge in [0.15, 0.2) is 0 Å². The van der Waals surface area contributed by atoms with Crippen LogP contribution >= 0.6 is 0 Å². The predicted octanol–water partition coefficient (Wildman–Crippen LogP) is 1.52. The van der Waals surface area contributed by atoms with Gasteiger partial charge in [-0.25, -0.2) is 8.78 Å². The molecule has 1 aliphatic carbocycles. The second-order valence-corrected chi connectivity index (χ2v) is 4.79. The summed E-state index contributed by atoms with van der Waals surface area (Å²) in [6.07, 6.45) is 0.00259. The Hall–Kier alpha value is -1.59. The molecule has 2 fully saturated rings. The number of aromatic nitrogens is 1. The van der Waals surface area contributed by atoms with Crippen LogP contribution in [0.15, 0.2) is 12.1 Å². The monoisotopic (exact) mass is 241 g/mol. The van der Waals surface area contributed by atoms with Crippen LogP contribution in [0.4, 0.5) is 20.3 Å². The summed E-state index contributed by atoms with van der Waals surface area (Å²) in [4.78, 5) is 6.01. The van der Waals surface area contributed by atoms with Crippen molar-refractivity contribution in [2.24, 2.45) is 5.41 Å². The quantitative estimate of drug-likeness (QED) is 0.852. The molecule has 92 valence electrons. The molecule has 0 radical (unpaired) electrons. The maximum Gasteiger partial charge on any atom is 0.258 e. The molecule has 17 heavy (non-hydrogen) atoms. The van der Waals surface area contributed by atoms with Crippen molar-refractivity contribution in [2.75, 3.05) is 30.8 Å². The van der Waals surface area contributed by atoms with Crippen LogP contribution in [-0.2, 0) is 0 Å². The summed E-state index contributed by atoms with van der Waals surface area (Å²) < 4.78 is 31.1. The molecule has 4 nitrogen and oxygen atoms in total. The average Bonchev–Trinajstić information content (AvgIpc) is 2.81. The number of halogens is 2. The molecular formula is C11H13F2N3O. The molecule has 1 saturated carbocycles. The lowest BCUT2D eigenvalue weighted by atomic mass is 9.96. The Kier molecular flexibility index (Phi) is 1.86. The Labute approximate surface area is 97.4 Å². The van der Waals surface area contributed by atoms with Crippen LogP contribution in [0.25, 0.3) is 0 Å². The zero-order chi connectivity index (χ0) is 12.3. The molecule has 0 unspecified atom stereocenters. The van der Waals surface area contributed by atoms with Crippen LogP contribution < -0.4 is 15.4 Å². The van der Waals surface area contributed by atoms with Gasteiger partial charge in [-0.2, -0.15) is 4.98 Å². The fourth-order valence-corrected chi connectivity index (χ4v) is 2.35. The first kappa shape index (κ1) is 10.6. The summed E-state index contributed by atoms with van der Waals surface area (Å²) in [5.74, 6) is -1.50. The highest BCUT2D eigenvalue weighted by Gasteiger charge is 2.76. The molecule has 2 aliphatic rings. The van der Waals surface area contributed by atoms with E-state index in [1.807, 2.05) is 4.90 Å². The molecule has 2 heterocycles. The van der Waals surface area contributed by atoms with Gasteiger partial charge in [0.25, 0.3) is 5.92 Å². The van der Waals surface area contributed by atoms with E-state index in [0.29, 0.717) is 30.5 Å². The van der Waals surface area contributed by atoms with Crippen LogP contribution in [0.2, 0.25) is 0 Å². The molecule has 0 atom stereocenters. The van der Waals surface area contributed by atoms with Crippen LogP contribution in [0.5, 0.6) is 5.88 Å². The fraction of sp³-hybridized carbons (Fsp3) is 0.545. The van der Waals surface area contributed by atoms with E-state index in [2.05, 4.69) is 4.98 Å². The third kappa shape index (κ3) is 1.36. The SMILES string of the molecule is COc1nc(N2CC3(C2)CC3(F)F)ccc1N. The van der Waals surface area contributed by atoms with Crippen LogP contribution in [0.3, 0.4) is 0 Å². The van der Waals surface area contributed by atoms with Crippen molar-refractivity contribution in [3.63, 3.8) is 0 Å². The molecule has 3 rings (SSSR count). The number of methoxy groups -OCH3 is 1. The zero-order valence-corrected chi connectivity index (χ0v) is 9.41. The zero-order valence-electron chi connectivity index (χ0n) is 9.41. The van der Waals surface area contributed by atoms with E-state index in [-0.39, 0.29) is 6.42 Å². The third-order valence-electron chi connectivity index (χ3n) is 3.59. The Morgan fingerprint density at radius 2 is 2.06 bits per heavy atom. The normalized spacial score (nSPS) is 23.4. The summed E-state index contributed by atoms with van der Waals surface area (Å²) in [5.41, 5.74) is 5.30. The fourth-order valence-electron chi connectivity index (χ4n) is 2.35. The minimum absolute atomic E-state index is 0.00259. The first-order chi connectivity index (χ1) is 7.97. The lowest BCUT2D eigenvalue weighted by Crippen LogP contribution is -2.51. The van der Waals surface area contributed by atoms with Gasteiger partial charge in [0.1, 0.15) is 5.82 Å². The Morgan fingerprint density at radius 3 is 2.59 bits per heavy atom. The van der Waals surface area contributed by atoms with Gasteiger partial charge < -0.3 is 15.4 Å². The minimum Gasteiger partial charge on any atom is -0.479 e. The number of anilines is 2. The van der Waals surface area contributed by atoms with Crippen molar-refractivity contribution in [1.29, 1.82) is 0 Å². The summed E-state index contributed by atoms with van der Waals surface area (Å²) in [6.45, 7) is 0.722. The van der Waals surface area contributed by atoms with Crippen molar-refractivity contribution >= 4 is 11.5 Å². The first-order valence-corrected chi connectivity index (χ1v) is 5.41. The van der Waals surface area contributed by atoms with Crippen LogP contribution in [0, 0.1) is 5.41 Å². The maximum absolute atomic E-state index is 13.0. The molecule has 0 bridgehead atoms. The predicted molar refractivity (Wildman–Crippen MR) is 59.4 cm³/mol. The average molecular weight is 241 g/mol. The second kappa shape index (κ2) is 3.00. The van der Waals surface area contributed by atoms with E-state index < -0.39 is 11.3 Å². The number of nitrogens with zero attached hydrogens (tertiary/aromatic N) is 2. The minimum atomic E-state index is -2.48. The standard InChI is InChI=1S/C11H13F2N3O/c1-17-9-7(14)2-3-8(15-9)16-5-10(6-16)4-11(10,12)13/h2-3H,4-6,14H2,1H3. The summed E-state index contributed by atoms with van der Waals surface area (Å²) in [6, 6.07) is 3.41. The Morgan fingerprint density at radius 1 is 1.41 bits per heavy atom. The summed E-state index contributed by atoms with van der Waals surface area (Å²) >= 11 is 0. The molecular weight excluding hydrogens is 228 g/mol. The first-order valence-electron chi connectivity index (χ1n) is 5.41. The highest BCUT2D eigenvalue weighted by atomic mass is 19.3. The van der Waals surface area contributed by atoms with Gasteiger partial charge in [0.05, 0.1) is 18.2 Å². The van der Waals surface area contributed by atoms with Crippen LogP contribution in [0.1, 0.15) is 6.42 Å². The molecule has 0 aromatic carbocycles. The molecule has 6 heteroatoms. The van der Waals surface area contributed by atoms with Gasteiger partial charge in [0.2, 0.25) is 5.88 Å². The van der Waals surface area contributed by atoms with Gasteiger partial charge >= 0.3 is 0 Å². The van der Waals surface area contributed by atoms with E-state index in [4.69, 9.17) is 10.5 Å². The number of nitrogen functional groups attached to an aromatic ring is 1. The largest absolute Gasteiger partial charge is 0.479 e. The number of pyridine rings is 1. The Bertz CT molecular complexity index is 472. The molecule has 2 N–H and O–H groups in total. The van der Waals surface area contributed by atoms with Gasteiger partial charge in [-0.3, -0.25) is 0 Å². The topological polar surface area (TPSA) is 51.4 Å². The second-order valence-electron chi connectivity index (χ2n) is 4.79. The summed E-state index contributed by atoms with van der Waals surface area (Å²) in [7, 11) is 1.48. The third-order valence-corrected chi connectivity index (χ3v) is 3.59. The number of hydrogen-bond donors (Lipinski definition) is 1. The lowest BCUT2D eigenvalue weighted by Gasteiger charge is -2.40. The van der Waals surface area contributed by atoms with E-state index in [1.54, 1.807) is 12.1 Å². The van der Waals surface area contributed by atoms with E-state index in [0.717, 1.165) is 0 Å². The van der Waals surface area contributed by atoms with E-state index >= 15 is 0 Å². The highest BCUT2D eigenvalue weighted by molar-refractivity contribution is 5.56. The van der Waals surface area contributed by atoms with Gasteiger partial charge in [-0.15, -0.1) is 0 Å². The number of alkyl halides is 2. The lowest BCUT2D eigenvalue weighted by molar-refractivity contribution is 0.0518. The van der Waals surface area contributed by atoms with Gasteiger partial charge in [-0.1, -0.05) is 0 Å². The highest BCUT2D eigenvalue weighted by Crippen LogP contribution is 2.65. The van der Waals surface area contributed by atoms with Crippen LogP contribution in [-0.4, -0.2) is 31.1 Å². The van der Waals surface area contributed by atoms with Crippen molar-refractivity contribution in [2.45, 2.75) is 12.3 Å². The van der Waals surface area contributed by atoms with Crippen molar-refractivity contribution in [3.8, 4) is 5.88 Å². The molecule has 1 aromatic rings. The molecule has 1 saturated heterocycles. The smallest absolute Gasteiger partial charge is 0.258 e. The molecule has 1 spiro atoms.